The number of furan rings is 1. The Morgan fingerprint density at radius 2 is 2.00 bits per heavy atom. The maximum atomic E-state index is 5.50. The van der Waals surface area contributed by atoms with Crippen LogP contribution in [-0.2, 0) is 6.54 Å². The molecule has 2 rings (SSSR count). The number of rotatable bonds is 6. The quantitative estimate of drug-likeness (QED) is 0.786. The smallest absolute Gasteiger partial charge is 0.164 e. The summed E-state index contributed by atoms with van der Waals surface area (Å²) in [5.41, 5.74) is 1.00. The van der Waals surface area contributed by atoms with Crippen LogP contribution in [0.4, 0.5) is 11.5 Å². The third-order valence-electron chi connectivity index (χ3n) is 2.93. The predicted molar refractivity (Wildman–Crippen MR) is 86.5 cm³/mol. The van der Waals surface area contributed by atoms with Crippen molar-refractivity contribution in [3.8, 4) is 0 Å². The summed E-state index contributed by atoms with van der Waals surface area (Å²) in [6.07, 6.45) is 1.86. The molecule has 0 unspecified atom stereocenters. The fourth-order valence-corrected chi connectivity index (χ4v) is 2.32. The summed E-state index contributed by atoms with van der Waals surface area (Å²) >= 11 is 2.16. The van der Waals surface area contributed by atoms with E-state index >= 15 is 0 Å². The number of halogens is 1. The molecule has 0 fully saturated rings. The fraction of sp³-hybridized carbons (Fsp3) is 0.357. The van der Waals surface area contributed by atoms with Gasteiger partial charge in [0.05, 0.1) is 18.4 Å². The SMILES string of the molecule is CCN(CC)c1ccc(NCc2ccc(I)o2)cn1. The molecule has 5 heteroatoms. The zero-order valence-corrected chi connectivity index (χ0v) is 13.3. The van der Waals surface area contributed by atoms with Crippen molar-refractivity contribution in [3.63, 3.8) is 0 Å². The third kappa shape index (κ3) is 3.86. The minimum absolute atomic E-state index is 0.676. The lowest BCUT2D eigenvalue weighted by Crippen LogP contribution is -2.22. The average Bonchev–Trinajstić information content (AvgIpc) is 2.85. The van der Waals surface area contributed by atoms with Gasteiger partial charge < -0.3 is 14.6 Å². The van der Waals surface area contributed by atoms with Gasteiger partial charge in [-0.15, -0.1) is 0 Å². The van der Waals surface area contributed by atoms with Gasteiger partial charge in [0.2, 0.25) is 0 Å². The first kappa shape index (κ1) is 14.2. The van der Waals surface area contributed by atoms with Gasteiger partial charge in [-0.25, -0.2) is 4.98 Å². The normalized spacial score (nSPS) is 10.5. The Bertz CT molecular complexity index is 506. The van der Waals surface area contributed by atoms with Gasteiger partial charge in [-0.3, -0.25) is 0 Å². The molecule has 0 aliphatic heterocycles. The van der Waals surface area contributed by atoms with E-state index in [4.69, 9.17) is 4.42 Å². The molecular formula is C14H18IN3O. The molecule has 102 valence electrons. The van der Waals surface area contributed by atoms with Gasteiger partial charge in [0.1, 0.15) is 11.6 Å². The van der Waals surface area contributed by atoms with Gasteiger partial charge >= 0.3 is 0 Å². The molecule has 2 aromatic rings. The van der Waals surface area contributed by atoms with Gasteiger partial charge in [-0.05, 0) is 60.7 Å². The van der Waals surface area contributed by atoms with Gasteiger partial charge in [0, 0.05) is 13.1 Å². The van der Waals surface area contributed by atoms with Crippen LogP contribution in [0.3, 0.4) is 0 Å². The van der Waals surface area contributed by atoms with Crippen LogP contribution in [0, 0.1) is 3.77 Å². The number of aromatic nitrogens is 1. The van der Waals surface area contributed by atoms with E-state index in [1.807, 2.05) is 24.4 Å². The molecule has 0 aliphatic carbocycles. The van der Waals surface area contributed by atoms with Crippen molar-refractivity contribution in [3.05, 3.63) is 40.0 Å². The Balaban J connectivity index is 1.95. The van der Waals surface area contributed by atoms with Crippen molar-refractivity contribution in [1.29, 1.82) is 0 Å². The lowest BCUT2D eigenvalue weighted by atomic mass is 10.3. The second-order valence-electron chi connectivity index (χ2n) is 4.14. The van der Waals surface area contributed by atoms with E-state index in [-0.39, 0.29) is 0 Å². The highest BCUT2D eigenvalue weighted by atomic mass is 127. The summed E-state index contributed by atoms with van der Waals surface area (Å²) < 4.78 is 6.40. The zero-order chi connectivity index (χ0) is 13.7. The van der Waals surface area contributed by atoms with Crippen molar-refractivity contribution in [2.75, 3.05) is 23.3 Å². The Hall–Kier alpha value is -1.24. The molecule has 4 nitrogen and oxygen atoms in total. The molecule has 2 aromatic heterocycles. The van der Waals surface area contributed by atoms with E-state index in [1.54, 1.807) is 0 Å². The predicted octanol–water partition coefficient (Wildman–Crippen LogP) is 3.74. The Morgan fingerprint density at radius 3 is 2.53 bits per heavy atom. The lowest BCUT2D eigenvalue weighted by Gasteiger charge is -2.19. The number of anilines is 2. The van der Waals surface area contributed by atoms with Crippen LogP contribution in [0.5, 0.6) is 0 Å². The molecule has 0 aromatic carbocycles. The summed E-state index contributed by atoms with van der Waals surface area (Å²) in [4.78, 5) is 6.69. The highest BCUT2D eigenvalue weighted by Crippen LogP contribution is 2.16. The molecule has 2 heterocycles. The molecule has 0 radical (unpaired) electrons. The fourth-order valence-electron chi connectivity index (χ4n) is 1.86. The topological polar surface area (TPSA) is 41.3 Å². The van der Waals surface area contributed by atoms with Crippen LogP contribution >= 0.6 is 22.6 Å². The minimum Gasteiger partial charge on any atom is -0.454 e. The summed E-state index contributed by atoms with van der Waals surface area (Å²) in [5.74, 6) is 1.94. The summed E-state index contributed by atoms with van der Waals surface area (Å²) in [5, 5.41) is 3.30. The first-order valence-electron chi connectivity index (χ1n) is 6.42. The van der Waals surface area contributed by atoms with Gasteiger partial charge in [0.15, 0.2) is 3.77 Å². The van der Waals surface area contributed by atoms with Crippen LogP contribution in [-0.4, -0.2) is 18.1 Å². The van der Waals surface area contributed by atoms with E-state index in [0.717, 1.165) is 34.1 Å². The second kappa shape index (κ2) is 6.79. The molecule has 0 saturated carbocycles. The third-order valence-corrected chi connectivity index (χ3v) is 3.51. The summed E-state index contributed by atoms with van der Waals surface area (Å²) in [6.45, 7) is 6.89. The van der Waals surface area contributed by atoms with E-state index in [2.05, 4.69) is 57.7 Å². The van der Waals surface area contributed by atoms with Gasteiger partial charge in [0.25, 0.3) is 0 Å². The zero-order valence-electron chi connectivity index (χ0n) is 11.2. The molecule has 0 aliphatic rings. The molecular weight excluding hydrogens is 353 g/mol. The van der Waals surface area contributed by atoms with Crippen LogP contribution in [0.25, 0.3) is 0 Å². The standard InChI is InChI=1S/C14H18IN3O/c1-3-18(4-2)14-8-5-11(9-17-14)16-10-12-6-7-13(15)19-12/h5-9,16H,3-4,10H2,1-2H3. The number of nitrogens with one attached hydrogen (secondary N) is 1. The largest absolute Gasteiger partial charge is 0.454 e. The lowest BCUT2D eigenvalue weighted by molar-refractivity contribution is 0.493. The number of pyridine rings is 1. The maximum Gasteiger partial charge on any atom is 0.164 e. The number of hydrogen-bond donors (Lipinski definition) is 1. The average molecular weight is 371 g/mol. The molecule has 0 bridgehead atoms. The first-order valence-corrected chi connectivity index (χ1v) is 7.50. The van der Waals surface area contributed by atoms with Crippen molar-refractivity contribution < 1.29 is 4.42 Å². The summed E-state index contributed by atoms with van der Waals surface area (Å²) in [6, 6.07) is 8.03. The van der Waals surface area contributed by atoms with Crippen LogP contribution in [0.15, 0.2) is 34.9 Å². The molecule has 0 atom stereocenters. The van der Waals surface area contributed by atoms with Crippen LogP contribution < -0.4 is 10.2 Å². The van der Waals surface area contributed by atoms with E-state index in [9.17, 15) is 0 Å². The van der Waals surface area contributed by atoms with Gasteiger partial charge in [-0.2, -0.15) is 0 Å². The Morgan fingerprint density at radius 1 is 1.21 bits per heavy atom. The highest BCUT2D eigenvalue weighted by molar-refractivity contribution is 14.1. The van der Waals surface area contributed by atoms with Crippen molar-refractivity contribution in [1.82, 2.24) is 4.98 Å². The molecule has 0 spiro atoms. The van der Waals surface area contributed by atoms with Crippen LogP contribution in [0.2, 0.25) is 0 Å². The van der Waals surface area contributed by atoms with E-state index in [0.29, 0.717) is 6.54 Å². The minimum atomic E-state index is 0.676. The first-order chi connectivity index (χ1) is 9.22. The monoisotopic (exact) mass is 371 g/mol. The second-order valence-corrected chi connectivity index (χ2v) is 5.20. The number of nitrogens with zero attached hydrogens (tertiary/aromatic N) is 2. The molecule has 0 amide bonds. The Labute approximate surface area is 127 Å². The maximum absolute atomic E-state index is 5.50. The van der Waals surface area contributed by atoms with Crippen LogP contribution in [0.1, 0.15) is 19.6 Å². The van der Waals surface area contributed by atoms with Crippen molar-refractivity contribution in [2.45, 2.75) is 20.4 Å². The Kier molecular flexibility index (Phi) is 5.07. The van der Waals surface area contributed by atoms with E-state index in [1.165, 1.54) is 0 Å². The van der Waals surface area contributed by atoms with E-state index < -0.39 is 0 Å². The van der Waals surface area contributed by atoms with Gasteiger partial charge in [-0.1, -0.05) is 0 Å². The number of hydrogen-bond acceptors (Lipinski definition) is 4. The van der Waals surface area contributed by atoms with Crippen molar-refractivity contribution in [2.24, 2.45) is 0 Å². The molecule has 19 heavy (non-hydrogen) atoms. The summed E-state index contributed by atoms with van der Waals surface area (Å²) in [7, 11) is 0. The van der Waals surface area contributed by atoms with Crippen molar-refractivity contribution >= 4 is 34.1 Å². The highest BCUT2D eigenvalue weighted by Gasteiger charge is 2.03. The molecule has 1 N–H and O–H groups in total. The molecule has 0 saturated heterocycles.